The average molecular weight is 760 g/mol. The van der Waals surface area contributed by atoms with Crippen LogP contribution in [0.3, 0.4) is 0 Å². The van der Waals surface area contributed by atoms with Crippen molar-refractivity contribution in [3.63, 3.8) is 0 Å². The van der Waals surface area contributed by atoms with Crippen LogP contribution in [0.4, 0.5) is 0 Å². The smallest absolute Gasteiger partial charge is 0.220 e. The second-order valence-electron chi connectivity index (χ2n) is 12.3. The van der Waals surface area contributed by atoms with Gasteiger partial charge in [0.05, 0.1) is 45.9 Å². The predicted molar refractivity (Wildman–Crippen MR) is 208 cm³/mol. The molecule has 2 amide bonds. The van der Waals surface area contributed by atoms with Gasteiger partial charge in [-0.1, -0.05) is 71.2 Å². The molecular formula is C40H44Cl2N6O5. The summed E-state index contributed by atoms with van der Waals surface area (Å²) in [4.78, 5) is 33.7. The number of nitrogens with zero attached hydrogens (tertiary/aromatic N) is 3. The molecule has 0 radical (unpaired) electrons. The van der Waals surface area contributed by atoms with Gasteiger partial charge in [0.2, 0.25) is 12.3 Å². The topological polar surface area (TPSA) is 132 Å². The van der Waals surface area contributed by atoms with E-state index in [2.05, 4.69) is 75.0 Å². The number of nitrogens with one attached hydrogen (secondary N) is 3. The van der Waals surface area contributed by atoms with E-state index in [1.165, 1.54) is 5.56 Å². The molecule has 6 rings (SSSR count). The summed E-state index contributed by atoms with van der Waals surface area (Å²) in [6.07, 6.45) is 10.6. The quantitative estimate of drug-likeness (QED) is 0.0599. The predicted octanol–water partition coefficient (Wildman–Crippen LogP) is 7.00. The second kappa shape index (κ2) is 21.1. The number of benzene rings is 3. The number of hydrogen-bond donors (Lipinski definition) is 3. The highest BCUT2D eigenvalue weighted by Gasteiger charge is 2.17. The van der Waals surface area contributed by atoms with E-state index in [4.69, 9.17) is 37.4 Å². The molecule has 0 aliphatic heterocycles. The summed E-state index contributed by atoms with van der Waals surface area (Å²) in [5.41, 5.74) is 6.51. The molecule has 3 heterocycles. The van der Waals surface area contributed by atoms with Gasteiger partial charge in [0.25, 0.3) is 0 Å². The molecule has 1 unspecified atom stereocenters. The van der Waals surface area contributed by atoms with Crippen molar-refractivity contribution in [3.05, 3.63) is 130 Å². The number of hydrogen-bond acceptors (Lipinski definition) is 7. The Morgan fingerprint density at radius 3 is 2.43 bits per heavy atom. The van der Waals surface area contributed by atoms with E-state index in [9.17, 15) is 9.59 Å². The highest BCUT2D eigenvalue weighted by Crippen LogP contribution is 2.30. The fourth-order valence-corrected chi connectivity index (χ4v) is 6.07. The van der Waals surface area contributed by atoms with Gasteiger partial charge in [-0.2, -0.15) is 0 Å². The molecule has 0 spiro atoms. The van der Waals surface area contributed by atoms with E-state index in [1.54, 1.807) is 24.8 Å². The van der Waals surface area contributed by atoms with Crippen LogP contribution < -0.4 is 10.6 Å². The Hall–Kier alpha value is -4.78. The van der Waals surface area contributed by atoms with Crippen LogP contribution in [0.1, 0.15) is 34.8 Å². The Morgan fingerprint density at radius 2 is 1.68 bits per heavy atom. The Kier molecular flexibility index (Phi) is 15.7. The second-order valence-corrected chi connectivity index (χ2v) is 13.1. The van der Waals surface area contributed by atoms with Gasteiger partial charge in [-0.15, -0.1) is 0 Å². The fourth-order valence-electron chi connectivity index (χ4n) is 5.54. The van der Waals surface area contributed by atoms with Crippen molar-refractivity contribution < 1.29 is 23.8 Å². The maximum Gasteiger partial charge on any atom is 0.220 e. The van der Waals surface area contributed by atoms with Crippen molar-refractivity contribution in [2.24, 2.45) is 0 Å². The van der Waals surface area contributed by atoms with Crippen molar-refractivity contribution in [2.45, 2.75) is 39.0 Å². The number of carbonyl (C=O) groups is 2. The third kappa shape index (κ3) is 12.7. The van der Waals surface area contributed by atoms with Crippen LogP contribution in [0.15, 0.2) is 97.8 Å². The molecule has 3 N–H and O–H groups in total. The van der Waals surface area contributed by atoms with Crippen molar-refractivity contribution in [3.8, 4) is 0 Å². The summed E-state index contributed by atoms with van der Waals surface area (Å²) in [7, 11) is 0. The van der Waals surface area contributed by atoms with Crippen LogP contribution in [-0.4, -0.2) is 71.4 Å². The molecule has 53 heavy (non-hydrogen) atoms. The molecule has 1 atom stereocenters. The molecule has 0 aliphatic carbocycles. The lowest BCUT2D eigenvalue weighted by molar-refractivity contribution is -0.121. The van der Waals surface area contributed by atoms with Crippen LogP contribution in [-0.2, 0) is 43.4 Å². The highest BCUT2D eigenvalue weighted by molar-refractivity contribution is 6.35. The van der Waals surface area contributed by atoms with Crippen molar-refractivity contribution in [1.82, 2.24) is 30.2 Å². The maximum absolute atomic E-state index is 12.0. The number of ether oxygens (including phenoxy) is 3. The number of amides is 2. The minimum absolute atomic E-state index is 0.00531. The van der Waals surface area contributed by atoms with E-state index in [-0.39, 0.29) is 12.0 Å². The number of aromatic amines is 1. The summed E-state index contributed by atoms with van der Waals surface area (Å²) < 4.78 is 18.8. The highest BCUT2D eigenvalue weighted by atomic mass is 35.5. The number of fused-ring (bicyclic) bond motifs is 3. The molecule has 13 heteroatoms. The SMILES string of the molecule is Cc1ccc(COC(Cn2ccnc2)c2ccc(Cl)cc2Cl)cc1.O=CNCCOCCOCCNC(=O)CCc1ccc2c(c1)[nH]c1ccncc12. The molecule has 0 saturated heterocycles. The molecule has 3 aromatic carbocycles. The molecule has 0 bridgehead atoms. The van der Waals surface area contributed by atoms with Gasteiger partial charge < -0.3 is 34.4 Å². The number of aryl methyl sites for hydroxylation is 2. The van der Waals surface area contributed by atoms with Gasteiger partial charge in [-0.3, -0.25) is 14.6 Å². The summed E-state index contributed by atoms with van der Waals surface area (Å²) in [5, 5.41) is 8.84. The minimum atomic E-state index is -0.190. The van der Waals surface area contributed by atoms with Crippen LogP contribution in [0.25, 0.3) is 21.8 Å². The van der Waals surface area contributed by atoms with Crippen LogP contribution in [0.5, 0.6) is 0 Å². The fraction of sp³-hybridized carbons (Fsp3) is 0.300. The summed E-state index contributed by atoms with van der Waals surface area (Å²) >= 11 is 12.4. The molecule has 6 aromatic rings. The molecule has 0 saturated carbocycles. The van der Waals surface area contributed by atoms with Crippen molar-refractivity contribution in [1.29, 1.82) is 0 Å². The zero-order chi connectivity index (χ0) is 37.3. The number of halogens is 2. The molecular weight excluding hydrogens is 715 g/mol. The van der Waals surface area contributed by atoms with Gasteiger partial charge in [-0.05, 0) is 48.7 Å². The first kappa shape index (κ1) is 39.4. The summed E-state index contributed by atoms with van der Waals surface area (Å²) in [6.45, 7) is 5.99. The Labute approximate surface area is 319 Å². The zero-order valence-corrected chi connectivity index (χ0v) is 31.1. The Morgan fingerprint density at radius 1 is 0.887 bits per heavy atom. The van der Waals surface area contributed by atoms with E-state index in [0.29, 0.717) is 82.0 Å². The van der Waals surface area contributed by atoms with Crippen LogP contribution >= 0.6 is 23.2 Å². The number of rotatable bonds is 19. The first-order valence-corrected chi connectivity index (χ1v) is 18.2. The van der Waals surface area contributed by atoms with Crippen molar-refractivity contribution in [2.75, 3.05) is 39.5 Å². The summed E-state index contributed by atoms with van der Waals surface area (Å²) in [5.74, 6) is 0.00531. The van der Waals surface area contributed by atoms with Crippen LogP contribution in [0.2, 0.25) is 10.0 Å². The Bertz CT molecular complexity index is 2020. The number of imidazole rings is 1. The number of pyridine rings is 1. The molecule has 11 nitrogen and oxygen atoms in total. The molecule has 278 valence electrons. The van der Waals surface area contributed by atoms with Gasteiger partial charge >= 0.3 is 0 Å². The zero-order valence-electron chi connectivity index (χ0n) is 29.6. The average Bonchev–Trinajstić information content (AvgIpc) is 3.82. The number of carbonyl (C=O) groups excluding carboxylic acids is 2. The first-order valence-electron chi connectivity index (χ1n) is 17.4. The largest absolute Gasteiger partial charge is 0.377 e. The lowest BCUT2D eigenvalue weighted by Gasteiger charge is -2.20. The van der Waals surface area contributed by atoms with E-state index in [1.807, 2.05) is 35.2 Å². The van der Waals surface area contributed by atoms with Gasteiger partial charge in [0.15, 0.2) is 0 Å². The van der Waals surface area contributed by atoms with E-state index < -0.39 is 0 Å². The third-order valence-electron chi connectivity index (χ3n) is 8.34. The Balaban J connectivity index is 0.000000208. The molecule has 0 fully saturated rings. The maximum atomic E-state index is 12.0. The van der Waals surface area contributed by atoms with Gasteiger partial charge in [-0.25, -0.2) is 4.98 Å². The van der Waals surface area contributed by atoms with E-state index in [0.717, 1.165) is 38.5 Å². The monoisotopic (exact) mass is 758 g/mol. The lowest BCUT2D eigenvalue weighted by atomic mass is 10.1. The van der Waals surface area contributed by atoms with Gasteiger partial charge in [0.1, 0.15) is 6.10 Å². The standard InChI is InChI=1S/C21H26N4O4.C19H18Cl2N2O/c26-15-23-7-9-28-11-12-29-10-8-24-21(27)4-2-16-1-3-17-18-14-22-6-5-19(18)25-20(17)13-16;1-14-2-4-15(5-3-14)12-24-19(11-23-9-8-22-13-23)17-7-6-16(20)10-18(17)21/h1,3,5-6,13-15,25H,2,4,7-12H2,(H,23,26)(H,24,27);2-10,13,19H,11-12H2,1H3. The minimum Gasteiger partial charge on any atom is -0.377 e. The normalized spacial score (nSPS) is 11.6. The van der Waals surface area contributed by atoms with E-state index >= 15 is 0 Å². The first-order chi connectivity index (χ1) is 25.9. The van der Waals surface area contributed by atoms with Gasteiger partial charge in [0, 0.05) is 81.7 Å². The third-order valence-corrected chi connectivity index (χ3v) is 8.90. The summed E-state index contributed by atoms with van der Waals surface area (Å²) in [6, 6.07) is 22.0. The molecule has 0 aliphatic rings. The van der Waals surface area contributed by atoms with Crippen LogP contribution in [0, 0.1) is 6.92 Å². The number of H-pyrrole nitrogens is 1. The molecule has 3 aromatic heterocycles. The van der Waals surface area contributed by atoms with Crippen molar-refractivity contribution >= 4 is 57.3 Å². The number of aromatic nitrogens is 4. The lowest BCUT2D eigenvalue weighted by Crippen LogP contribution is -2.28.